The van der Waals surface area contributed by atoms with Crippen molar-refractivity contribution in [3.05, 3.63) is 29.8 Å². The van der Waals surface area contributed by atoms with E-state index in [2.05, 4.69) is 18.1 Å². The van der Waals surface area contributed by atoms with Crippen LogP contribution in [0.2, 0.25) is 0 Å². The maximum Gasteiger partial charge on any atom is 0.0992 e. The molecule has 0 spiro atoms. The van der Waals surface area contributed by atoms with Crippen molar-refractivity contribution in [3.8, 4) is 0 Å². The number of aliphatic hydroxyl groups excluding tert-OH is 1. The van der Waals surface area contributed by atoms with Gasteiger partial charge in [-0.15, -0.1) is 11.8 Å². The molecule has 0 aliphatic carbocycles. The van der Waals surface area contributed by atoms with E-state index in [1.54, 1.807) is 11.8 Å². The molecule has 2 rings (SSSR count). The van der Waals surface area contributed by atoms with E-state index < -0.39 is 6.10 Å². The number of thioether (sulfide) groups is 1. The molecule has 0 amide bonds. The lowest BCUT2D eigenvalue weighted by Gasteiger charge is -2.20. The number of hydrazone groups is 1. The Kier molecular flexibility index (Phi) is 4.45. The molecule has 1 N–H and O–H groups in total. The van der Waals surface area contributed by atoms with Crippen LogP contribution in [0.5, 0.6) is 0 Å². The van der Waals surface area contributed by atoms with Gasteiger partial charge < -0.3 is 5.11 Å². The first-order valence-corrected chi connectivity index (χ1v) is 6.97. The van der Waals surface area contributed by atoms with Crippen LogP contribution in [0, 0.1) is 0 Å². The molecule has 0 bridgehead atoms. The summed E-state index contributed by atoms with van der Waals surface area (Å²) in [5, 5.41) is 16.4. The third kappa shape index (κ3) is 3.23. The zero-order valence-corrected chi connectivity index (χ0v) is 10.9. The summed E-state index contributed by atoms with van der Waals surface area (Å²) in [6.07, 6.45) is 2.43. The summed E-state index contributed by atoms with van der Waals surface area (Å²) < 4.78 is 0. The Morgan fingerprint density at radius 2 is 2.29 bits per heavy atom. The van der Waals surface area contributed by atoms with Crippen LogP contribution in [0.1, 0.15) is 25.0 Å². The second kappa shape index (κ2) is 6.07. The highest BCUT2D eigenvalue weighted by Gasteiger charge is 2.16. The van der Waals surface area contributed by atoms with E-state index in [0.29, 0.717) is 6.54 Å². The zero-order valence-electron chi connectivity index (χ0n) is 10.0. The molecule has 0 aromatic heterocycles. The Morgan fingerprint density at radius 1 is 1.47 bits per heavy atom. The minimum Gasteiger partial charge on any atom is -0.386 e. The highest BCUT2D eigenvalue weighted by molar-refractivity contribution is 7.99. The lowest BCUT2D eigenvalue weighted by molar-refractivity contribution is 0.119. The van der Waals surface area contributed by atoms with Gasteiger partial charge in [-0.25, -0.2) is 0 Å². The lowest BCUT2D eigenvalue weighted by Crippen LogP contribution is -2.22. The molecule has 92 valence electrons. The van der Waals surface area contributed by atoms with Gasteiger partial charge in [0.05, 0.1) is 12.6 Å². The highest BCUT2D eigenvalue weighted by atomic mass is 32.2. The molecule has 1 atom stereocenters. The van der Waals surface area contributed by atoms with Crippen LogP contribution in [-0.4, -0.2) is 35.2 Å². The van der Waals surface area contributed by atoms with Crippen LogP contribution in [0.4, 0.5) is 0 Å². The molecule has 1 unspecified atom stereocenters. The topological polar surface area (TPSA) is 35.8 Å². The monoisotopic (exact) mass is 250 g/mol. The number of rotatable bonds is 5. The van der Waals surface area contributed by atoms with Crippen molar-refractivity contribution in [1.29, 1.82) is 0 Å². The first kappa shape index (κ1) is 12.5. The highest BCUT2D eigenvalue weighted by Crippen LogP contribution is 2.28. The standard InChI is InChI=1S/C13H18N2OS/c1-2-17-13-7-4-3-6-11(13)12(16)10-15-9-5-8-14-15/h3-4,6-8,12,16H,2,5,9-10H2,1H3. The maximum atomic E-state index is 10.3. The van der Waals surface area contributed by atoms with E-state index >= 15 is 0 Å². The lowest BCUT2D eigenvalue weighted by atomic mass is 10.1. The van der Waals surface area contributed by atoms with Gasteiger partial charge >= 0.3 is 0 Å². The molecular formula is C13H18N2OS. The Labute approximate surface area is 107 Å². The summed E-state index contributed by atoms with van der Waals surface area (Å²) in [7, 11) is 0. The summed E-state index contributed by atoms with van der Waals surface area (Å²) in [6, 6.07) is 8.07. The molecular weight excluding hydrogens is 232 g/mol. The minimum absolute atomic E-state index is 0.458. The molecule has 4 heteroatoms. The van der Waals surface area contributed by atoms with Crippen molar-refractivity contribution in [2.24, 2.45) is 5.10 Å². The van der Waals surface area contributed by atoms with Crippen molar-refractivity contribution in [2.45, 2.75) is 24.3 Å². The van der Waals surface area contributed by atoms with Gasteiger partial charge in [0.1, 0.15) is 0 Å². The average Bonchev–Trinajstić information content (AvgIpc) is 2.83. The van der Waals surface area contributed by atoms with E-state index in [4.69, 9.17) is 0 Å². The average molecular weight is 250 g/mol. The SMILES string of the molecule is CCSc1ccccc1C(O)CN1CCC=N1. The van der Waals surface area contributed by atoms with Crippen molar-refractivity contribution in [3.63, 3.8) is 0 Å². The Hall–Kier alpha value is -1.00. The molecule has 0 saturated carbocycles. The number of hydrogen-bond acceptors (Lipinski definition) is 4. The molecule has 0 saturated heterocycles. The van der Waals surface area contributed by atoms with E-state index in [-0.39, 0.29) is 0 Å². The number of nitrogens with zero attached hydrogens (tertiary/aromatic N) is 2. The van der Waals surface area contributed by atoms with Crippen molar-refractivity contribution >= 4 is 18.0 Å². The number of aliphatic hydroxyl groups is 1. The quantitative estimate of drug-likeness (QED) is 0.816. The predicted octanol–water partition coefficient (Wildman–Crippen LogP) is 2.52. The van der Waals surface area contributed by atoms with Crippen LogP contribution in [0.15, 0.2) is 34.3 Å². The normalized spacial score (nSPS) is 16.5. The summed E-state index contributed by atoms with van der Waals surface area (Å²) >= 11 is 1.77. The smallest absolute Gasteiger partial charge is 0.0992 e. The number of benzene rings is 1. The van der Waals surface area contributed by atoms with E-state index in [1.807, 2.05) is 29.4 Å². The Bertz CT molecular complexity index is 395. The van der Waals surface area contributed by atoms with Gasteiger partial charge in [-0.2, -0.15) is 5.10 Å². The third-order valence-corrected chi connectivity index (χ3v) is 3.69. The van der Waals surface area contributed by atoms with Gasteiger partial charge in [0.15, 0.2) is 0 Å². The van der Waals surface area contributed by atoms with Gasteiger partial charge in [0, 0.05) is 24.1 Å². The van der Waals surface area contributed by atoms with Crippen molar-refractivity contribution < 1.29 is 5.11 Å². The maximum absolute atomic E-state index is 10.3. The van der Waals surface area contributed by atoms with Gasteiger partial charge in [-0.1, -0.05) is 25.1 Å². The fraction of sp³-hybridized carbons (Fsp3) is 0.462. The second-order valence-electron chi connectivity index (χ2n) is 3.99. The van der Waals surface area contributed by atoms with Gasteiger partial charge in [-0.05, 0) is 17.4 Å². The molecule has 1 heterocycles. The summed E-state index contributed by atoms with van der Waals surface area (Å²) in [5.74, 6) is 1.02. The van der Waals surface area contributed by atoms with E-state index in [0.717, 1.165) is 24.3 Å². The van der Waals surface area contributed by atoms with Gasteiger partial charge in [0.25, 0.3) is 0 Å². The largest absolute Gasteiger partial charge is 0.386 e. The minimum atomic E-state index is -0.458. The van der Waals surface area contributed by atoms with E-state index in [9.17, 15) is 5.11 Å². The molecule has 1 aliphatic rings. The fourth-order valence-corrected chi connectivity index (χ4v) is 2.77. The summed E-state index contributed by atoms with van der Waals surface area (Å²) in [4.78, 5) is 1.17. The third-order valence-electron chi connectivity index (χ3n) is 2.72. The van der Waals surface area contributed by atoms with Gasteiger partial charge in [-0.3, -0.25) is 5.01 Å². The molecule has 3 nitrogen and oxygen atoms in total. The van der Waals surface area contributed by atoms with Crippen LogP contribution in [0.3, 0.4) is 0 Å². The zero-order chi connectivity index (χ0) is 12.1. The van der Waals surface area contributed by atoms with Crippen molar-refractivity contribution in [1.82, 2.24) is 5.01 Å². The molecule has 0 radical (unpaired) electrons. The number of β-amino-alcohol motifs (C(OH)–C–C–N with tert-alkyl or cyclic N) is 1. The molecule has 17 heavy (non-hydrogen) atoms. The van der Waals surface area contributed by atoms with Crippen LogP contribution < -0.4 is 0 Å². The summed E-state index contributed by atoms with van der Waals surface area (Å²) in [6.45, 7) is 3.62. The molecule has 1 aliphatic heterocycles. The molecule has 0 fully saturated rings. The molecule has 1 aromatic carbocycles. The van der Waals surface area contributed by atoms with Gasteiger partial charge in [0.2, 0.25) is 0 Å². The van der Waals surface area contributed by atoms with E-state index in [1.165, 1.54) is 4.90 Å². The van der Waals surface area contributed by atoms with Crippen LogP contribution >= 0.6 is 11.8 Å². The summed E-state index contributed by atoms with van der Waals surface area (Å²) in [5.41, 5.74) is 1.02. The van der Waals surface area contributed by atoms with Crippen molar-refractivity contribution in [2.75, 3.05) is 18.8 Å². The Balaban J connectivity index is 2.06. The fourth-order valence-electron chi connectivity index (χ4n) is 1.92. The predicted molar refractivity (Wildman–Crippen MR) is 72.5 cm³/mol. The second-order valence-corrected chi connectivity index (χ2v) is 5.29. The number of hydrogen-bond donors (Lipinski definition) is 1. The Morgan fingerprint density at radius 3 is 3.00 bits per heavy atom. The molecule has 1 aromatic rings. The first-order valence-electron chi connectivity index (χ1n) is 5.98. The van der Waals surface area contributed by atoms with Crippen LogP contribution in [0.25, 0.3) is 0 Å². The van der Waals surface area contributed by atoms with Crippen LogP contribution in [-0.2, 0) is 0 Å². The first-order chi connectivity index (χ1) is 8.31.